The lowest BCUT2D eigenvalue weighted by Gasteiger charge is -2.26. The summed E-state index contributed by atoms with van der Waals surface area (Å²) in [7, 11) is -1.77. The minimum atomic E-state index is -1.77. The first-order valence-corrected chi connectivity index (χ1v) is 6.92. The SMILES string of the molecule is CC(C)(C#N)[Si](C)(C)Cl. The second-order valence-electron chi connectivity index (χ2n) is 3.21. The highest BCUT2D eigenvalue weighted by Crippen LogP contribution is 2.38. The van der Waals surface area contributed by atoms with Crippen LogP contribution in [0.15, 0.2) is 0 Å². The third-order valence-electron chi connectivity index (χ3n) is 1.77. The van der Waals surface area contributed by atoms with Gasteiger partial charge in [0.15, 0.2) is 7.38 Å². The van der Waals surface area contributed by atoms with E-state index in [1.165, 1.54) is 0 Å². The van der Waals surface area contributed by atoms with Crippen molar-refractivity contribution in [1.29, 1.82) is 5.26 Å². The van der Waals surface area contributed by atoms with Gasteiger partial charge < -0.3 is 0 Å². The highest BCUT2D eigenvalue weighted by Gasteiger charge is 2.37. The molecule has 0 bridgehead atoms. The van der Waals surface area contributed by atoms with Crippen molar-refractivity contribution in [2.45, 2.75) is 32.0 Å². The molecular weight excluding hydrogens is 150 g/mol. The first-order chi connectivity index (χ1) is 3.81. The van der Waals surface area contributed by atoms with Gasteiger partial charge in [0, 0.05) is 0 Å². The molecular formula is C6H12ClNSi. The Morgan fingerprint density at radius 1 is 1.44 bits per heavy atom. The normalized spacial score (nSPS) is 12.9. The van der Waals surface area contributed by atoms with Crippen molar-refractivity contribution in [2.75, 3.05) is 0 Å². The molecule has 0 rings (SSSR count). The molecule has 52 valence electrons. The highest BCUT2D eigenvalue weighted by molar-refractivity contribution is 7.20. The molecule has 0 N–H and O–H groups in total. The van der Waals surface area contributed by atoms with Crippen LogP contribution in [0.3, 0.4) is 0 Å². The maximum absolute atomic E-state index is 8.63. The molecule has 0 amide bonds. The van der Waals surface area contributed by atoms with Crippen molar-refractivity contribution in [2.24, 2.45) is 0 Å². The molecule has 0 unspecified atom stereocenters. The fraction of sp³-hybridized carbons (Fsp3) is 0.833. The molecule has 0 aromatic heterocycles. The average Bonchev–Trinajstić information content (AvgIpc) is 1.64. The van der Waals surface area contributed by atoms with Crippen molar-refractivity contribution in [3.05, 3.63) is 0 Å². The van der Waals surface area contributed by atoms with Gasteiger partial charge in [0.25, 0.3) is 0 Å². The van der Waals surface area contributed by atoms with Gasteiger partial charge in [-0.15, -0.1) is 0 Å². The van der Waals surface area contributed by atoms with Crippen LogP contribution in [0.1, 0.15) is 13.8 Å². The van der Waals surface area contributed by atoms with E-state index in [4.69, 9.17) is 16.3 Å². The summed E-state index contributed by atoms with van der Waals surface area (Å²) in [5, 5.41) is 8.32. The van der Waals surface area contributed by atoms with E-state index >= 15 is 0 Å². The zero-order valence-corrected chi connectivity index (χ0v) is 8.08. The van der Waals surface area contributed by atoms with E-state index in [1.807, 2.05) is 26.9 Å². The number of nitrogens with zero attached hydrogens (tertiary/aromatic N) is 1. The standard InChI is InChI=1S/C6H12ClNSi/c1-6(2,5-8)9(3,4)7/h1-4H3. The van der Waals surface area contributed by atoms with Crippen LogP contribution in [-0.4, -0.2) is 7.38 Å². The van der Waals surface area contributed by atoms with E-state index in [2.05, 4.69) is 6.07 Å². The van der Waals surface area contributed by atoms with Crippen molar-refractivity contribution in [1.82, 2.24) is 0 Å². The molecule has 0 aliphatic heterocycles. The maximum atomic E-state index is 8.63. The van der Waals surface area contributed by atoms with Crippen LogP contribution in [0.5, 0.6) is 0 Å². The summed E-state index contributed by atoms with van der Waals surface area (Å²) in [6, 6.07) is 2.21. The summed E-state index contributed by atoms with van der Waals surface area (Å²) in [4.78, 5) is 0. The molecule has 0 radical (unpaired) electrons. The molecule has 0 fully saturated rings. The van der Waals surface area contributed by atoms with Gasteiger partial charge in [0.05, 0.1) is 11.1 Å². The van der Waals surface area contributed by atoms with Crippen molar-refractivity contribution in [3.8, 4) is 6.07 Å². The van der Waals surface area contributed by atoms with Gasteiger partial charge in [0.1, 0.15) is 0 Å². The minimum Gasteiger partial charge on any atom is -0.198 e. The summed E-state index contributed by atoms with van der Waals surface area (Å²) in [5.41, 5.74) is 0. The molecule has 0 atom stereocenters. The number of hydrogen-bond donors (Lipinski definition) is 0. The zero-order chi connectivity index (χ0) is 7.71. The Kier molecular flexibility index (Phi) is 2.32. The second kappa shape index (κ2) is 2.32. The predicted molar refractivity (Wildman–Crippen MR) is 43.0 cm³/mol. The molecule has 0 aromatic carbocycles. The Balaban J connectivity index is 4.39. The van der Waals surface area contributed by atoms with Gasteiger partial charge in [-0.05, 0) is 13.8 Å². The van der Waals surface area contributed by atoms with E-state index in [1.54, 1.807) is 0 Å². The second-order valence-corrected chi connectivity index (χ2v) is 10.2. The fourth-order valence-electron chi connectivity index (χ4n) is 0.133. The Morgan fingerprint density at radius 2 is 1.78 bits per heavy atom. The van der Waals surface area contributed by atoms with E-state index in [9.17, 15) is 0 Å². The van der Waals surface area contributed by atoms with Crippen LogP contribution in [0, 0.1) is 11.3 Å². The predicted octanol–water partition coefficient (Wildman–Crippen LogP) is 2.73. The van der Waals surface area contributed by atoms with E-state index in [0.29, 0.717) is 0 Å². The molecule has 0 saturated heterocycles. The molecule has 0 saturated carbocycles. The van der Waals surface area contributed by atoms with Gasteiger partial charge in [-0.1, -0.05) is 13.1 Å². The number of halogens is 1. The van der Waals surface area contributed by atoms with Crippen LogP contribution in [0.2, 0.25) is 18.1 Å². The summed E-state index contributed by atoms with van der Waals surface area (Å²) in [6.45, 7) is 7.76. The topological polar surface area (TPSA) is 23.8 Å². The average molecular weight is 162 g/mol. The zero-order valence-electron chi connectivity index (χ0n) is 6.33. The molecule has 0 aromatic rings. The quantitative estimate of drug-likeness (QED) is 0.429. The van der Waals surface area contributed by atoms with Crippen molar-refractivity contribution in [3.63, 3.8) is 0 Å². The van der Waals surface area contributed by atoms with Gasteiger partial charge in [0.2, 0.25) is 0 Å². The lowest BCUT2D eigenvalue weighted by atomic mass is 10.2. The summed E-state index contributed by atoms with van der Waals surface area (Å²) >= 11 is 6.04. The lowest BCUT2D eigenvalue weighted by Crippen LogP contribution is -2.31. The first-order valence-electron chi connectivity index (χ1n) is 2.91. The van der Waals surface area contributed by atoms with E-state index in [-0.39, 0.29) is 5.04 Å². The molecule has 0 aliphatic carbocycles. The third-order valence-corrected chi connectivity index (χ3v) is 6.27. The Labute approximate surface area is 62.3 Å². The summed E-state index contributed by atoms with van der Waals surface area (Å²) < 4.78 is 0. The van der Waals surface area contributed by atoms with Gasteiger partial charge in [-0.3, -0.25) is 0 Å². The number of nitriles is 1. The molecule has 0 aliphatic rings. The molecule has 3 heteroatoms. The number of hydrogen-bond acceptors (Lipinski definition) is 1. The van der Waals surface area contributed by atoms with Gasteiger partial charge in [-0.2, -0.15) is 16.3 Å². The number of rotatable bonds is 1. The molecule has 1 nitrogen and oxygen atoms in total. The third kappa shape index (κ3) is 2.00. The first kappa shape index (κ1) is 9.00. The van der Waals surface area contributed by atoms with Gasteiger partial charge in [-0.25, -0.2) is 0 Å². The van der Waals surface area contributed by atoms with Crippen LogP contribution in [0.25, 0.3) is 0 Å². The van der Waals surface area contributed by atoms with Gasteiger partial charge >= 0.3 is 0 Å². The lowest BCUT2D eigenvalue weighted by molar-refractivity contribution is 0.841. The molecule has 9 heavy (non-hydrogen) atoms. The Hall–Kier alpha value is -0.00312. The Bertz CT molecular complexity index is 140. The Morgan fingerprint density at radius 3 is 1.78 bits per heavy atom. The maximum Gasteiger partial charge on any atom is 0.169 e. The van der Waals surface area contributed by atoms with Crippen LogP contribution in [0.4, 0.5) is 0 Å². The largest absolute Gasteiger partial charge is 0.198 e. The smallest absolute Gasteiger partial charge is 0.169 e. The van der Waals surface area contributed by atoms with E-state index < -0.39 is 7.38 Å². The van der Waals surface area contributed by atoms with Crippen LogP contribution < -0.4 is 0 Å². The summed E-state index contributed by atoms with van der Waals surface area (Å²) in [6.07, 6.45) is 0. The van der Waals surface area contributed by atoms with Crippen LogP contribution in [-0.2, 0) is 0 Å². The highest BCUT2D eigenvalue weighted by atomic mass is 35.6. The molecule has 0 spiro atoms. The molecule has 0 heterocycles. The summed E-state index contributed by atoms with van der Waals surface area (Å²) in [5.74, 6) is 0. The van der Waals surface area contributed by atoms with Crippen LogP contribution >= 0.6 is 11.1 Å². The van der Waals surface area contributed by atoms with Crippen molar-refractivity contribution < 1.29 is 0 Å². The van der Waals surface area contributed by atoms with E-state index in [0.717, 1.165) is 0 Å². The van der Waals surface area contributed by atoms with Crippen molar-refractivity contribution >= 4 is 18.5 Å². The minimum absolute atomic E-state index is 0.311. The monoisotopic (exact) mass is 161 g/mol. The fourth-order valence-corrected chi connectivity index (χ4v) is 0.526.